The first-order chi connectivity index (χ1) is 8.29. The van der Waals surface area contributed by atoms with Gasteiger partial charge in [-0.1, -0.05) is 0 Å². The van der Waals surface area contributed by atoms with Gasteiger partial charge in [-0.25, -0.2) is 9.78 Å². The summed E-state index contributed by atoms with van der Waals surface area (Å²) in [5.41, 5.74) is 1.16. The molecule has 6 nitrogen and oxygen atoms in total. The lowest BCUT2D eigenvalue weighted by Crippen LogP contribution is -2.07. The zero-order valence-electron chi connectivity index (χ0n) is 9.41. The largest absolute Gasteiger partial charge is 0.463 e. The standard InChI is InChI=1S/C11H12N4O2/c1-17-11(16)10-13-8-15(14-10)7-4-9-2-5-12-6-3-9/h2-3,5-6,8H,4,7H2,1H3. The molecule has 0 fully saturated rings. The van der Waals surface area contributed by atoms with Crippen LogP contribution in [0.2, 0.25) is 0 Å². The quantitative estimate of drug-likeness (QED) is 0.726. The maximum absolute atomic E-state index is 11.1. The molecule has 0 spiro atoms. The zero-order chi connectivity index (χ0) is 12.1. The minimum Gasteiger partial charge on any atom is -0.463 e. The second kappa shape index (κ2) is 5.20. The van der Waals surface area contributed by atoms with Crippen molar-refractivity contribution >= 4 is 5.97 Å². The number of hydrogen-bond acceptors (Lipinski definition) is 5. The second-order valence-corrected chi connectivity index (χ2v) is 3.43. The molecule has 6 heteroatoms. The van der Waals surface area contributed by atoms with Crippen LogP contribution in [-0.4, -0.2) is 32.8 Å². The molecule has 88 valence electrons. The number of esters is 1. The highest BCUT2D eigenvalue weighted by atomic mass is 16.5. The van der Waals surface area contributed by atoms with Crippen LogP contribution < -0.4 is 0 Å². The van der Waals surface area contributed by atoms with Crippen molar-refractivity contribution in [2.45, 2.75) is 13.0 Å². The number of carbonyl (C=O) groups is 1. The average molecular weight is 232 g/mol. The molecule has 0 amide bonds. The van der Waals surface area contributed by atoms with Crippen LogP contribution in [0, 0.1) is 0 Å². The Labute approximate surface area is 98.3 Å². The molecule has 0 radical (unpaired) electrons. The predicted octanol–water partition coefficient (Wildman–Crippen LogP) is 0.702. The van der Waals surface area contributed by atoms with Crippen molar-refractivity contribution in [3.05, 3.63) is 42.2 Å². The van der Waals surface area contributed by atoms with Crippen molar-refractivity contribution < 1.29 is 9.53 Å². The minimum absolute atomic E-state index is 0.0854. The Balaban J connectivity index is 1.96. The van der Waals surface area contributed by atoms with E-state index >= 15 is 0 Å². The lowest BCUT2D eigenvalue weighted by Gasteiger charge is -2.00. The number of ether oxygens (including phenoxy) is 1. The zero-order valence-corrected chi connectivity index (χ0v) is 9.41. The summed E-state index contributed by atoms with van der Waals surface area (Å²) in [6, 6.07) is 3.89. The van der Waals surface area contributed by atoms with Crippen molar-refractivity contribution in [3.63, 3.8) is 0 Å². The van der Waals surface area contributed by atoms with Crippen LogP contribution in [-0.2, 0) is 17.7 Å². The normalized spacial score (nSPS) is 10.2. The summed E-state index contributed by atoms with van der Waals surface area (Å²) in [6.07, 6.45) is 5.83. The van der Waals surface area contributed by atoms with Crippen molar-refractivity contribution in [2.75, 3.05) is 7.11 Å². The summed E-state index contributed by atoms with van der Waals surface area (Å²) < 4.78 is 6.14. The number of methoxy groups -OCH3 is 1. The SMILES string of the molecule is COC(=O)c1ncn(CCc2ccncc2)n1. The third kappa shape index (κ3) is 2.87. The first-order valence-electron chi connectivity index (χ1n) is 5.16. The molecule has 2 aromatic rings. The van der Waals surface area contributed by atoms with Gasteiger partial charge in [-0.05, 0) is 24.1 Å². The molecule has 0 saturated carbocycles. The van der Waals surface area contributed by atoms with Crippen molar-refractivity contribution in [1.82, 2.24) is 19.7 Å². The molecule has 0 unspecified atom stereocenters. The Bertz CT molecular complexity index is 495. The maximum atomic E-state index is 11.1. The third-order valence-corrected chi connectivity index (χ3v) is 2.28. The molecule has 0 aliphatic rings. The third-order valence-electron chi connectivity index (χ3n) is 2.28. The highest BCUT2D eigenvalue weighted by Gasteiger charge is 2.10. The van der Waals surface area contributed by atoms with Crippen LogP contribution in [0.3, 0.4) is 0 Å². The molecule has 2 heterocycles. The molecule has 0 saturated heterocycles. The number of aryl methyl sites for hydroxylation is 2. The summed E-state index contributed by atoms with van der Waals surface area (Å²) in [6.45, 7) is 0.661. The highest BCUT2D eigenvalue weighted by Crippen LogP contribution is 2.00. The van der Waals surface area contributed by atoms with Gasteiger partial charge in [0.1, 0.15) is 6.33 Å². The van der Waals surface area contributed by atoms with E-state index in [9.17, 15) is 4.79 Å². The molecular weight excluding hydrogens is 220 g/mol. The molecule has 2 rings (SSSR count). The number of carbonyl (C=O) groups excluding carboxylic acids is 1. The molecule has 0 bridgehead atoms. The van der Waals surface area contributed by atoms with Crippen LogP contribution in [0.5, 0.6) is 0 Å². The number of aromatic nitrogens is 4. The van der Waals surface area contributed by atoms with Gasteiger partial charge in [-0.2, -0.15) is 0 Å². The molecule has 2 aromatic heterocycles. The van der Waals surface area contributed by atoms with Crippen molar-refractivity contribution in [3.8, 4) is 0 Å². The van der Waals surface area contributed by atoms with Crippen LogP contribution in [0.1, 0.15) is 16.2 Å². The summed E-state index contributed by atoms with van der Waals surface area (Å²) in [7, 11) is 1.31. The second-order valence-electron chi connectivity index (χ2n) is 3.43. The van der Waals surface area contributed by atoms with Crippen molar-refractivity contribution in [2.24, 2.45) is 0 Å². The lowest BCUT2D eigenvalue weighted by molar-refractivity contribution is 0.0586. The smallest absolute Gasteiger partial charge is 0.377 e. The van der Waals surface area contributed by atoms with Gasteiger partial charge in [-0.3, -0.25) is 9.67 Å². The topological polar surface area (TPSA) is 69.9 Å². The molecule has 0 aliphatic heterocycles. The minimum atomic E-state index is -0.521. The van der Waals surface area contributed by atoms with E-state index in [1.165, 1.54) is 13.4 Å². The Morgan fingerprint density at radius 3 is 2.88 bits per heavy atom. The Morgan fingerprint density at radius 1 is 1.41 bits per heavy atom. The van der Waals surface area contributed by atoms with Gasteiger partial charge >= 0.3 is 5.97 Å². The Morgan fingerprint density at radius 2 is 2.18 bits per heavy atom. The first-order valence-corrected chi connectivity index (χ1v) is 5.16. The number of pyridine rings is 1. The maximum Gasteiger partial charge on any atom is 0.377 e. The average Bonchev–Trinajstić information content (AvgIpc) is 2.85. The Hall–Kier alpha value is -2.24. The number of rotatable bonds is 4. The summed E-state index contributed by atoms with van der Waals surface area (Å²) in [5.74, 6) is -0.435. The fourth-order valence-corrected chi connectivity index (χ4v) is 1.38. The van der Waals surface area contributed by atoms with Gasteiger partial charge in [0.15, 0.2) is 0 Å². The van der Waals surface area contributed by atoms with E-state index in [0.717, 1.165) is 12.0 Å². The van der Waals surface area contributed by atoms with E-state index in [4.69, 9.17) is 0 Å². The van der Waals surface area contributed by atoms with E-state index in [-0.39, 0.29) is 5.82 Å². The van der Waals surface area contributed by atoms with Gasteiger partial charge in [-0.15, -0.1) is 5.10 Å². The van der Waals surface area contributed by atoms with E-state index in [2.05, 4.69) is 19.8 Å². The molecule has 17 heavy (non-hydrogen) atoms. The fourth-order valence-electron chi connectivity index (χ4n) is 1.38. The molecule has 0 aromatic carbocycles. The van der Waals surface area contributed by atoms with Gasteiger partial charge in [0.25, 0.3) is 5.82 Å². The van der Waals surface area contributed by atoms with Crippen LogP contribution >= 0.6 is 0 Å². The van der Waals surface area contributed by atoms with Gasteiger partial charge in [0.2, 0.25) is 0 Å². The van der Waals surface area contributed by atoms with Crippen LogP contribution in [0.4, 0.5) is 0 Å². The van der Waals surface area contributed by atoms with Crippen LogP contribution in [0.15, 0.2) is 30.9 Å². The van der Waals surface area contributed by atoms with E-state index < -0.39 is 5.97 Å². The summed E-state index contributed by atoms with van der Waals surface area (Å²) in [5, 5.41) is 4.01. The van der Waals surface area contributed by atoms with Crippen molar-refractivity contribution in [1.29, 1.82) is 0 Å². The summed E-state index contributed by atoms with van der Waals surface area (Å²) in [4.78, 5) is 18.9. The first kappa shape index (κ1) is 11.3. The molecule has 0 atom stereocenters. The van der Waals surface area contributed by atoms with Gasteiger partial charge < -0.3 is 4.74 Å². The molecule has 0 N–H and O–H groups in total. The van der Waals surface area contributed by atoms with E-state index in [1.54, 1.807) is 17.1 Å². The predicted molar refractivity (Wildman–Crippen MR) is 59.3 cm³/mol. The Kier molecular flexibility index (Phi) is 3.44. The number of nitrogens with zero attached hydrogens (tertiary/aromatic N) is 4. The van der Waals surface area contributed by atoms with E-state index in [1.807, 2.05) is 12.1 Å². The van der Waals surface area contributed by atoms with Crippen LogP contribution in [0.25, 0.3) is 0 Å². The lowest BCUT2D eigenvalue weighted by atomic mass is 10.2. The summed E-state index contributed by atoms with van der Waals surface area (Å²) >= 11 is 0. The number of hydrogen-bond donors (Lipinski definition) is 0. The van der Waals surface area contributed by atoms with E-state index in [0.29, 0.717) is 6.54 Å². The fraction of sp³-hybridized carbons (Fsp3) is 0.273. The van der Waals surface area contributed by atoms with Gasteiger partial charge in [0.05, 0.1) is 7.11 Å². The van der Waals surface area contributed by atoms with Gasteiger partial charge in [0, 0.05) is 18.9 Å². The highest BCUT2D eigenvalue weighted by molar-refractivity contribution is 5.84. The molecule has 0 aliphatic carbocycles. The molecular formula is C11H12N4O2. The monoisotopic (exact) mass is 232 g/mol.